The smallest absolute Gasteiger partial charge is 0.208 e. The zero-order valence-electron chi connectivity index (χ0n) is 7.87. The van der Waals surface area contributed by atoms with Crippen molar-refractivity contribution in [3.05, 3.63) is 0 Å². The van der Waals surface area contributed by atoms with Gasteiger partial charge in [0.25, 0.3) is 0 Å². The predicted octanol–water partition coefficient (Wildman–Crippen LogP) is -0.715. The topological polar surface area (TPSA) is 82.0 Å². The number of nitriles is 1. The van der Waals surface area contributed by atoms with E-state index >= 15 is 0 Å². The highest BCUT2D eigenvalue weighted by molar-refractivity contribution is 7.88. The van der Waals surface area contributed by atoms with Crippen molar-refractivity contribution >= 4 is 10.0 Å². The van der Waals surface area contributed by atoms with E-state index in [-0.39, 0.29) is 5.92 Å². The first-order valence-electron chi connectivity index (χ1n) is 4.00. The summed E-state index contributed by atoms with van der Waals surface area (Å²) in [6, 6.07) is 2.07. The summed E-state index contributed by atoms with van der Waals surface area (Å²) in [6.07, 6.45) is 1.12. The third kappa shape index (κ3) is 9.27. The summed E-state index contributed by atoms with van der Waals surface area (Å²) >= 11 is 0. The van der Waals surface area contributed by atoms with E-state index in [2.05, 4.69) is 16.1 Å². The van der Waals surface area contributed by atoms with E-state index in [0.717, 1.165) is 6.26 Å². The quantitative estimate of drug-likeness (QED) is 0.561. The molecule has 0 amide bonds. The van der Waals surface area contributed by atoms with Crippen molar-refractivity contribution < 1.29 is 8.42 Å². The van der Waals surface area contributed by atoms with E-state index in [4.69, 9.17) is 5.26 Å². The maximum atomic E-state index is 10.6. The Morgan fingerprint density at radius 2 is 2.08 bits per heavy atom. The van der Waals surface area contributed by atoms with Gasteiger partial charge >= 0.3 is 0 Å². The molecule has 0 heterocycles. The van der Waals surface area contributed by atoms with Crippen LogP contribution in [-0.2, 0) is 10.0 Å². The Labute approximate surface area is 79.2 Å². The molecule has 0 radical (unpaired) electrons. The van der Waals surface area contributed by atoms with E-state index in [1.165, 1.54) is 0 Å². The van der Waals surface area contributed by atoms with Crippen LogP contribution < -0.4 is 10.0 Å². The van der Waals surface area contributed by atoms with Gasteiger partial charge in [0, 0.05) is 19.6 Å². The number of nitrogens with one attached hydrogen (secondary N) is 2. The van der Waals surface area contributed by atoms with Gasteiger partial charge in [-0.1, -0.05) is 0 Å². The maximum absolute atomic E-state index is 10.6. The zero-order valence-corrected chi connectivity index (χ0v) is 8.69. The Bertz CT molecular complexity index is 268. The highest BCUT2D eigenvalue weighted by atomic mass is 32.2. The van der Waals surface area contributed by atoms with Crippen LogP contribution in [0.4, 0.5) is 0 Å². The van der Waals surface area contributed by atoms with Crippen molar-refractivity contribution in [1.29, 1.82) is 5.26 Å². The van der Waals surface area contributed by atoms with Crippen LogP contribution in [-0.4, -0.2) is 34.3 Å². The zero-order chi connectivity index (χ0) is 10.3. The molecule has 13 heavy (non-hydrogen) atoms. The molecule has 0 aromatic rings. The lowest BCUT2D eigenvalue weighted by atomic mass is 10.2. The maximum Gasteiger partial charge on any atom is 0.208 e. The molecule has 0 spiro atoms. The second kappa shape index (κ2) is 5.91. The van der Waals surface area contributed by atoms with Crippen LogP contribution in [0.25, 0.3) is 0 Å². The number of hydrogen-bond donors (Lipinski definition) is 2. The molecule has 0 aliphatic heterocycles. The van der Waals surface area contributed by atoms with Gasteiger partial charge < -0.3 is 5.32 Å². The largest absolute Gasteiger partial charge is 0.314 e. The van der Waals surface area contributed by atoms with E-state index in [1.807, 2.05) is 0 Å². The van der Waals surface area contributed by atoms with Gasteiger partial charge in [0.2, 0.25) is 10.0 Å². The van der Waals surface area contributed by atoms with Crippen LogP contribution in [0, 0.1) is 17.2 Å². The minimum atomic E-state index is -3.09. The van der Waals surface area contributed by atoms with Crippen LogP contribution in [0.1, 0.15) is 6.92 Å². The van der Waals surface area contributed by atoms with Crippen LogP contribution in [0.15, 0.2) is 0 Å². The molecule has 0 saturated carbocycles. The molecule has 0 bridgehead atoms. The van der Waals surface area contributed by atoms with Crippen molar-refractivity contribution in [2.45, 2.75) is 6.92 Å². The Morgan fingerprint density at radius 1 is 1.46 bits per heavy atom. The normalized spacial score (nSPS) is 13.6. The van der Waals surface area contributed by atoms with Crippen LogP contribution >= 0.6 is 0 Å². The second-order valence-corrected chi connectivity index (χ2v) is 4.73. The van der Waals surface area contributed by atoms with E-state index in [9.17, 15) is 8.42 Å². The fourth-order valence-electron chi connectivity index (χ4n) is 0.689. The monoisotopic (exact) mass is 205 g/mol. The van der Waals surface area contributed by atoms with Gasteiger partial charge in [-0.15, -0.1) is 0 Å². The molecule has 1 unspecified atom stereocenters. The van der Waals surface area contributed by atoms with Crippen molar-refractivity contribution in [2.75, 3.05) is 25.9 Å². The summed E-state index contributed by atoms with van der Waals surface area (Å²) in [5.41, 5.74) is 0. The predicted molar refractivity (Wildman–Crippen MR) is 50.5 cm³/mol. The van der Waals surface area contributed by atoms with Crippen molar-refractivity contribution in [1.82, 2.24) is 10.0 Å². The van der Waals surface area contributed by atoms with E-state index < -0.39 is 10.0 Å². The lowest BCUT2D eigenvalue weighted by molar-refractivity contribution is 0.571. The Kier molecular flexibility index (Phi) is 5.62. The SMILES string of the molecule is CC(C#N)CNCCNS(C)(=O)=O. The van der Waals surface area contributed by atoms with Gasteiger partial charge in [0.1, 0.15) is 0 Å². The molecular weight excluding hydrogens is 190 g/mol. The summed E-state index contributed by atoms with van der Waals surface area (Å²) in [4.78, 5) is 0. The number of hydrogen-bond acceptors (Lipinski definition) is 4. The molecule has 0 rings (SSSR count). The molecule has 0 aliphatic rings. The first-order valence-corrected chi connectivity index (χ1v) is 5.90. The Balaban J connectivity index is 3.34. The average molecular weight is 205 g/mol. The number of nitrogens with zero attached hydrogens (tertiary/aromatic N) is 1. The molecule has 5 nitrogen and oxygen atoms in total. The number of sulfonamides is 1. The molecule has 0 fully saturated rings. The first kappa shape index (κ1) is 12.4. The van der Waals surface area contributed by atoms with Gasteiger partial charge in [-0.05, 0) is 6.92 Å². The molecule has 0 aliphatic carbocycles. The third-order valence-corrected chi connectivity index (χ3v) is 2.07. The standard InChI is InChI=1S/C7H15N3O2S/c1-7(5-8)6-9-3-4-10-13(2,11)12/h7,9-10H,3-4,6H2,1-2H3. The van der Waals surface area contributed by atoms with Gasteiger partial charge in [-0.2, -0.15) is 5.26 Å². The Morgan fingerprint density at radius 3 is 2.54 bits per heavy atom. The fourth-order valence-corrected chi connectivity index (χ4v) is 1.16. The van der Waals surface area contributed by atoms with Gasteiger partial charge in [-0.25, -0.2) is 13.1 Å². The second-order valence-electron chi connectivity index (χ2n) is 2.90. The Hall–Kier alpha value is -0.640. The van der Waals surface area contributed by atoms with E-state index in [0.29, 0.717) is 19.6 Å². The van der Waals surface area contributed by atoms with Gasteiger partial charge in [-0.3, -0.25) is 0 Å². The van der Waals surface area contributed by atoms with Crippen LogP contribution in [0.3, 0.4) is 0 Å². The molecule has 2 N–H and O–H groups in total. The van der Waals surface area contributed by atoms with Gasteiger partial charge in [0.05, 0.1) is 18.2 Å². The molecule has 0 saturated heterocycles. The molecule has 0 aromatic carbocycles. The molecule has 76 valence electrons. The lowest BCUT2D eigenvalue weighted by Crippen LogP contribution is -2.32. The highest BCUT2D eigenvalue weighted by Gasteiger charge is 2.00. The molecule has 0 aromatic heterocycles. The fraction of sp³-hybridized carbons (Fsp3) is 0.857. The average Bonchev–Trinajstić information content (AvgIpc) is 2.01. The molecule has 1 atom stereocenters. The molecule has 6 heteroatoms. The van der Waals surface area contributed by atoms with E-state index in [1.54, 1.807) is 6.92 Å². The van der Waals surface area contributed by atoms with Crippen molar-refractivity contribution in [3.63, 3.8) is 0 Å². The summed E-state index contributed by atoms with van der Waals surface area (Å²) in [7, 11) is -3.09. The highest BCUT2D eigenvalue weighted by Crippen LogP contribution is 1.86. The summed E-state index contributed by atoms with van der Waals surface area (Å²) in [6.45, 7) is 3.29. The van der Waals surface area contributed by atoms with Crippen LogP contribution in [0.2, 0.25) is 0 Å². The number of rotatable bonds is 6. The van der Waals surface area contributed by atoms with Crippen molar-refractivity contribution in [3.8, 4) is 6.07 Å². The third-order valence-electron chi connectivity index (χ3n) is 1.34. The summed E-state index contributed by atoms with van der Waals surface area (Å²) in [5, 5.41) is 11.4. The minimum absolute atomic E-state index is 0.0433. The first-order chi connectivity index (χ1) is 5.95. The lowest BCUT2D eigenvalue weighted by Gasteiger charge is -2.05. The van der Waals surface area contributed by atoms with Crippen molar-refractivity contribution in [2.24, 2.45) is 5.92 Å². The summed E-state index contributed by atoms with van der Waals surface area (Å²) in [5.74, 6) is -0.0433. The summed E-state index contributed by atoms with van der Waals surface area (Å²) < 4.78 is 23.5. The van der Waals surface area contributed by atoms with Crippen LogP contribution in [0.5, 0.6) is 0 Å². The molecular formula is C7H15N3O2S. The minimum Gasteiger partial charge on any atom is -0.314 e. The van der Waals surface area contributed by atoms with Gasteiger partial charge in [0.15, 0.2) is 0 Å².